The minimum Gasteiger partial charge on any atom is -0.338 e. The zero-order valence-electron chi connectivity index (χ0n) is 17.4. The van der Waals surface area contributed by atoms with E-state index < -0.39 is 27.8 Å². The molecule has 0 N–H and O–H groups in total. The largest absolute Gasteiger partial charge is 0.436 e. The van der Waals surface area contributed by atoms with Gasteiger partial charge >= 0.3 is 6.18 Å². The summed E-state index contributed by atoms with van der Waals surface area (Å²) in [6.45, 7) is 1.81. The predicted molar refractivity (Wildman–Crippen MR) is 110 cm³/mol. The number of sulfonamides is 1. The maximum atomic E-state index is 13.3. The van der Waals surface area contributed by atoms with Crippen LogP contribution in [0, 0.1) is 6.92 Å². The van der Waals surface area contributed by atoms with E-state index in [1.807, 2.05) is 0 Å². The third kappa shape index (κ3) is 4.19. The number of aryl methyl sites for hydroxylation is 1. The molecule has 0 aromatic carbocycles. The Hall–Kier alpha value is -1.93. The van der Waals surface area contributed by atoms with E-state index in [9.17, 15) is 26.4 Å². The SMILES string of the molecule is Cc1c(S(=O)(=O)N2CCN(C(=O)Cn3nc(C(F)(F)F)c(Br)c3C3CC3)CC2)cnn1C. The fourth-order valence-electron chi connectivity index (χ4n) is 3.78. The molecule has 176 valence electrons. The normalized spacial score (nSPS) is 18.4. The van der Waals surface area contributed by atoms with Crippen molar-refractivity contribution in [1.82, 2.24) is 28.8 Å². The van der Waals surface area contributed by atoms with Gasteiger partial charge in [0.25, 0.3) is 0 Å². The van der Waals surface area contributed by atoms with Crippen molar-refractivity contribution in [3.8, 4) is 0 Å². The molecule has 2 fully saturated rings. The Morgan fingerprint density at radius 3 is 2.34 bits per heavy atom. The van der Waals surface area contributed by atoms with Gasteiger partial charge in [0.1, 0.15) is 11.4 Å². The van der Waals surface area contributed by atoms with E-state index in [4.69, 9.17) is 0 Å². The standard InChI is InChI=1S/C18H22BrF3N6O3S/c1-11-13(9-23-25(11)2)32(30,31)27-7-5-26(6-8-27)14(29)10-28-16(12-3-4-12)15(19)17(24-28)18(20,21)22/h9,12H,3-8,10H2,1-2H3. The summed E-state index contributed by atoms with van der Waals surface area (Å²) in [5, 5.41) is 7.64. The highest BCUT2D eigenvalue weighted by atomic mass is 79.9. The maximum absolute atomic E-state index is 13.3. The van der Waals surface area contributed by atoms with Gasteiger partial charge in [0.15, 0.2) is 5.69 Å². The molecule has 0 bridgehead atoms. The lowest BCUT2D eigenvalue weighted by Crippen LogP contribution is -2.51. The summed E-state index contributed by atoms with van der Waals surface area (Å²) in [5.41, 5.74) is -0.130. The molecule has 1 aliphatic heterocycles. The summed E-state index contributed by atoms with van der Waals surface area (Å²) in [5.74, 6) is -0.448. The van der Waals surface area contributed by atoms with Crippen LogP contribution in [-0.4, -0.2) is 69.3 Å². The van der Waals surface area contributed by atoms with Crippen LogP contribution in [0.2, 0.25) is 0 Å². The van der Waals surface area contributed by atoms with Crippen molar-refractivity contribution in [2.24, 2.45) is 7.05 Å². The molecular weight excluding hydrogens is 517 g/mol. The van der Waals surface area contributed by atoms with Gasteiger partial charge in [-0.25, -0.2) is 8.42 Å². The molecular formula is C18H22BrF3N6O3S. The third-order valence-electron chi connectivity index (χ3n) is 5.85. The molecule has 32 heavy (non-hydrogen) atoms. The fraction of sp³-hybridized carbons (Fsp3) is 0.611. The quantitative estimate of drug-likeness (QED) is 0.581. The van der Waals surface area contributed by atoms with E-state index >= 15 is 0 Å². The van der Waals surface area contributed by atoms with Gasteiger partial charge in [0.05, 0.1) is 22.1 Å². The highest BCUT2D eigenvalue weighted by Gasteiger charge is 2.42. The summed E-state index contributed by atoms with van der Waals surface area (Å²) < 4.78 is 69.4. The number of carbonyl (C=O) groups is 1. The molecule has 1 saturated carbocycles. The van der Waals surface area contributed by atoms with Crippen LogP contribution in [0.3, 0.4) is 0 Å². The highest BCUT2D eigenvalue weighted by Crippen LogP contribution is 2.47. The summed E-state index contributed by atoms with van der Waals surface area (Å²) in [6, 6.07) is 0. The summed E-state index contributed by atoms with van der Waals surface area (Å²) >= 11 is 3.02. The van der Waals surface area contributed by atoms with Crippen LogP contribution in [-0.2, 0) is 34.6 Å². The number of carbonyl (C=O) groups excluding carboxylic acids is 1. The highest BCUT2D eigenvalue weighted by molar-refractivity contribution is 9.10. The van der Waals surface area contributed by atoms with Crippen LogP contribution in [0.4, 0.5) is 13.2 Å². The van der Waals surface area contributed by atoms with Crippen LogP contribution < -0.4 is 0 Å². The summed E-state index contributed by atoms with van der Waals surface area (Å²) in [7, 11) is -2.09. The van der Waals surface area contributed by atoms with Crippen LogP contribution in [0.1, 0.15) is 35.8 Å². The van der Waals surface area contributed by atoms with E-state index in [1.54, 1.807) is 14.0 Å². The van der Waals surface area contributed by atoms with Gasteiger partial charge in [0.2, 0.25) is 15.9 Å². The summed E-state index contributed by atoms with van der Waals surface area (Å²) in [6.07, 6.45) is -1.82. The van der Waals surface area contributed by atoms with Gasteiger partial charge in [-0.2, -0.15) is 27.7 Å². The molecule has 1 amide bonds. The Bertz CT molecular complexity index is 1150. The van der Waals surface area contributed by atoms with Crippen molar-refractivity contribution in [2.75, 3.05) is 26.2 Å². The Kier molecular flexibility index (Phi) is 5.91. The molecule has 4 rings (SSSR count). The first-order valence-corrected chi connectivity index (χ1v) is 12.2. The smallest absolute Gasteiger partial charge is 0.338 e. The maximum Gasteiger partial charge on any atom is 0.436 e. The Balaban J connectivity index is 1.45. The molecule has 0 atom stereocenters. The molecule has 2 aromatic rings. The van der Waals surface area contributed by atoms with Crippen molar-refractivity contribution in [1.29, 1.82) is 0 Å². The number of hydrogen-bond donors (Lipinski definition) is 0. The Morgan fingerprint density at radius 2 is 1.84 bits per heavy atom. The number of halogens is 4. The minimum atomic E-state index is -4.62. The molecule has 2 aromatic heterocycles. The van der Waals surface area contributed by atoms with Crippen LogP contribution in [0.25, 0.3) is 0 Å². The van der Waals surface area contributed by atoms with Crippen LogP contribution in [0.15, 0.2) is 15.6 Å². The third-order valence-corrected chi connectivity index (χ3v) is 8.63. The molecule has 2 aliphatic rings. The Labute approximate surface area is 191 Å². The van der Waals surface area contributed by atoms with Crippen molar-refractivity contribution in [3.05, 3.63) is 27.8 Å². The lowest BCUT2D eigenvalue weighted by molar-refractivity contribution is -0.142. The monoisotopic (exact) mass is 538 g/mol. The van der Waals surface area contributed by atoms with Gasteiger partial charge in [-0.3, -0.25) is 14.2 Å². The Morgan fingerprint density at radius 1 is 1.22 bits per heavy atom. The second-order valence-electron chi connectivity index (χ2n) is 7.98. The zero-order chi connectivity index (χ0) is 23.4. The topological polar surface area (TPSA) is 93.3 Å². The first-order valence-electron chi connectivity index (χ1n) is 10.0. The number of piperazine rings is 1. The number of hydrogen-bond acceptors (Lipinski definition) is 5. The van der Waals surface area contributed by atoms with Gasteiger partial charge in [-0.1, -0.05) is 0 Å². The summed E-state index contributed by atoms with van der Waals surface area (Å²) in [4.78, 5) is 14.4. The molecule has 0 radical (unpaired) electrons. The average Bonchev–Trinajstić information content (AvgIpc) is 3.41. The minimum absolute atomic E-state index is 0.0505. The lowest BCUT2D eigenvalue weighted by Gasteiger charge is -2.34. The number of aromatic nitrogens is 4. The lowest BCUT2D eigenvalue weighted by atomic mass is 10.2. The number of alkyl halides is 3. The van der Waals surface area contributed by atoms with Crippen molar-refractivity contribution in [3.63, 3.8) is 0 Å². The zero-order valence-corrected chi connectivity index (χ0v) is 19.8. The first kappa shape index (κ1) is 23.2. The van der Waals surface area contributed by atoms with E-state index in [-0.39, 0.29) is 48.0 Å². The number of rotatable bonds is 5. The van der Waals surface area contributed by atoms with E-state index in [0.29, 0.717) is 11.4 Å². The molecule has 14 heteroatoms. The molecule has 0 unspecified atom stereocenters. The van der Waals surface area contributed by atoms with E-state index in [2.05, 4.69) is 26.1 Å². The fourth-order valence-corrected chi connectivity index (χ4v) is 6.22. The van der Waals surface area contributed by atoms with Gasteiger partial charge < -0.3 is 4.90 Å². The molecule has 1 aliphatic carbocycles. The van der Waals surface area contributed by atoms with Crippen molar-refractivity contribution >= 4 is 31.9 Å². The number of nitrogens with zero attached hydrogens (tertiary/aromatic N) is 6. The van der Waals surface area contributed by atoms with Crippen LogP contribution in [0.5, 0.6) is 0 Å². The van der Waals surface area contributed by atoms with Crippen LogP contribution >= 0.6 is 15.9 Å². The second kappa shape index (κ2) is 8.13. The average molecular weight is 539 g/mol. The molecule has 1 saturated heterocycles. The van der Waals surface area contributed by atoms with Gasteiger partial charge in [-0.15, -0.1) is 0 Å². The predicted octanol–water partition coefficient (Wildman–Crippen LogP) is 2.12. The van der Waals surface area contributed by atoms with E-state index in [1.165, 1.54) is 20.1 Å². The van der Waals surface area contributed by atoms with Crippen molar-refractivity contribution in [2.45, 2.75) is 43.3 Å². The van der Waals surface area contributed by atoms with Crippen molar-refractivity contribution < 1.29 is 26.4 Å². The molecule has 9 nitrogen and oxygen atoms in total. The second-order valence-corrected chi connectivity index (χ2v) is 10.7. The van der Waals surface area contributed by atoms with Gasteiger partial charge in [-0.05, 0) is 35.7 Å². The number of amides is 1. The first-order chi connectivity index (χ1) is 14.9. The molecule has 0 spiro atoms. The van der Waals surface area contributed by atoms with Gasteiger partial charge in [0, 0.05) is 39.1 Å². The van der Waals surface area contributed by atoms with E-state index in [0.717, 1.165) is 17.5 Å². The molecule has 3 heterocycles.